The lowest BCUT2D eigenvalue weighted by Gasteiger charge is -2.27. The molecule has 1 heterocycles. The molecule has 3 rings (SSSR count). The van der Waals surface area contributed by atoms with Crippen LogP contribution in [-0.2, 0) is 0 Å². The van der Waals surface area contributed by atoms with Gasteiger partial charge in [0.05, 0.1) is 0 Å². The first-order chi connectivity index (χ1) is 12.5. The van der Waals surface area contributed by atoms with Crippen molar-refractivity contribution in [3.8, 4) is 11.6 Å². The molecule has 7 heteroatoms. The van der Waals surface area contributed by atoms with Crippen molar-refractivity contribution < 1.29 is 9.53 Å². The number of hydrogen-bond acceptors (Lipinski definition) is 5. The van der Waals surface area contributed by atoms with Gasteiger partial charge in [0.2, 0.25) is 5.88 Å². The minimum atomic E-state index is -0.141. The molecule has 0 spiro atoms. The summed E-state index contributed by atoms with van der Waals surface area (Å²) in [5, 5.41) is 3.11. The minimum absolute atomic E-state index is 0. The molecule has 0 bridgehead atoms. The Morgan fingerprint density at radius 2 is 2.00 bits per heavy atom. The van der Waals surface area contributed by atoms with E-state index in [0.29, 0.717) is 17.2 Å². The van der Waals surface area contributed by atoms with E-state index in [1.165, 1.54) is 0 Å². The van der Waals surface area contributed by atoms with Gasteiger partial charge in [0.15, 0.2) is 0 Å². The predicted octanol–water partition coefficient (Wildman–Crippen LogP) is 4.33. The molecule has 0 unspecified atom stereocenters. The summed E-state index contributed by atoms with van der Waals surface area (Å²) in [6.45, 7) is 1.92. The summed E-state index contributed by atoms with van der Waals surface area (Å²) in [4.78, 5) is 18.3. The first kappa shape index (κ1) is 21.5. The third kappa shape index (κ3) is 5.86. The number of aryl methyl sites for hydroxylation is 1. The van der Waals surface area contributed by atoms with E-state index < -0.39 is 0 Å². The quantitative estimate of drug-likeness (QED) is 0.721. The summed E-state index contributed by atoms with van der Waals surface area (Å²) >= 11 is 1.64. The zero-order valence-electron chi connectivity index (χ0n) is 15.6. The van der Waals surface area contributed by atoms with E-state index in [2.05, 4.69) is 10.3 Å². The Bertz CT molecular complexity index is 780. The zero-order chi connectivity index (χ0) is 18.5. The van der Waals surface area contributed by atoms with Crippen LogP contribution in [0.2, 0.25) is 0 Å². The first-order valence-electron chi connectivity index (χ1n) is 8.90. The molecule has 1 fully saturated rings. The second-order valence-corrected chi connectivity index (χ2v) is 7.61. The fourth-order valence-electron chi connectivity index (χ4n) is 3.10. The van der Waals surface area contributed by atoms with Crippen LogP contribution in [0.5, 0.6) is 11.6 Å². The van der Waals surface area contributed by atoms with E-state index >= 15 is 0 Å². The number of carbonyl (C=O) groups excluding carboxylic acids is 1. The van der Waals surface area contributed by atoms with Crippen molar-refractivity contribution in [3.05, 3.63) is 47.7 Å². The van der Waals surface area contributed by atoms with Crippen LogP contribution in [0.1, 0.15) is 41.6 Å². The molecular formula is C20H26ClN3O2S. The fraction of sp³-hybridized carbons (Fsp3) is 0.400. The third-order valence-corrected chi connectivity index (χ3v) is 5.32. The maximum absolute atomic E-state index is 12.8. The average molecular weight is 408 g/mol. The molecule has 1 aliphatic carbocycles. The van der Waals surface area contributed by atoms with Gasteiger partial charge in [-0.05, 0) is 68.7 Å². The summed E-state index contributed by atoms with van der Waals surface area (Å²) in [7, 11) is 0. The Morgan fingerprint density at radius 1 is 1.26 bits per heavy atom. The highest BCUT2D eigenvalue weighted by Gasteiger charge is 2.23. The molecule has 27 heavy (non-hydrogen) atoms. The average Bonchev–Trinajstić information content (AvgIpc) is 2.65. The Kier molecular flexibility index (Phi) is 7.95. The molecule has 0 atom stereocenters. The Hall–Kier alpha value is -1.76. The van der Waals surface area contributed by atoms with Crippen molar-refractivity contribution in [1.82, 2.24) is 10.3 Å². The van der Waals surface area contributed by atoms with Crippen molar-refractivity contribution in [1.29, 1.82) is 0 Å². The van der Waals surface area contributed by atoms with Gasteiger partial charge in [-0.1, -0.05) is 6.07 Å². The highest BCUT2D eigenvalue weighted by Crippen LogP contribution is 2.27. The number of halogens is 1. The monoisotopic (exact) mass is 407 g/mol. The van der Waals surface area contributed by atoms with Crippen molar-refractivity contribution in [2.45, 2.75) is 49.6 Å². The number of amides is 1. The Morgan fingerprint density at radius 3 is 2.70 bits per heavy atom. The summed E-state index contributed by atoms with van der Waals surface area (Å²) in [6.07, 6.45) is 7.45. The standard InChI is InChI=1S/C20H25N3O2S.ClH/c1-13-10-18(19(24)23-15-8-6-14(21)7-9-15)20(22-12-13)25-16-4-3-5-17(11-16)26-2;/h3-5,10-12,14-15H,6-9,21H2,1-2H3,(H,23,24);1H. The molecule has 1 aliphatic rings. The number of hydrogen-bond donors (Lipinski definition) is 2. The van der Waals surface area contributed by atoms with E-state index in [1.807, 2.05) is 43.5 Å². The van der Waals surface area contributed by atoms with Gasteiger partial charge in [-0.25, -0.2) is 4.98 Å². The smallest absolute Gasteiger partial charge is 0.257 e. The second kappa shape index (κ2) is 9.97. The number of benzene rings is 1. The number of nitrogens with zero attached hydrogens (tertiary/aromatic N) is 1. The van der Waals surface area contributed by atoms with E-state index in [4.69, 9.17) is 10.5 Å². The van der Waals surface area contributed by atoms with Gasteiger partial charge in [0.25, 0.3) is 5.91 Å². The van der Waals surface area contributed by atoms with Gasteiger partial charge < -0.3 is 15.8 Å². The molecular weight excluding hydrogens is 382 g/mol. The number of thioether (sulfide) groups is 1. The minimum Gasteiger partial charge on any atom is -0.438 e. The van der Waals surface area contributed by atoms with Gasteiger partial charge in [-0.3, -0.25) is 4.79 Å². The molecule has 1 aromatic carbocycles. The highest BCUT2D eigenvalue weighted by molar-refractivity contribution is 7.98. The largest absolute Gasteiger partial charge is 0.438 e. The van der Waals surface area contributed by atoms with Gasteiger partial charge in [-0.15, -0.1) is 24.2 Å². The van der Waals surface area contributed by atoms with Gasteiger partial charge in [0.1, 0.15) is 11.3 Å². The topological polar surface area (TPSA) is 77.2 Å². The van der Waals surface area contributed by atoms with Crippen LogP contribution >= 0.6 is 24.2 Å². The number of nitrogens with two attached hydrogens (primary N) is 1. The maximum Gasteiger partial charge on any atom is 0.257 e. The SMILES string of the molecule is CSc1cccc(Oc2ncc(C)cc2C(=O)NC2CCC(N)CC2)c1.Cl. The normalized spacial score (nSPS) is 19.1. The van der Waals surface area contributed by atoms with Crippen LogP contribution in [-0.4, -0.2) is 29.2 Å². The lowest BCUT2D eigenvalue weighted by molar-refractivity contribution is 0.0922. The van der Waals surface area contributed by atoms with E-state index in [-0.39, 0.29) is 30.4 Å². The lowest BCUT2D eigenvalue weighted by atomic mass is 9.91. The molecule has 3 N–H and O–H groups in total. The van der Waals surface area contributed by atoms with Crippen molar-refractivity contribution >= 4 is 30.1 Å². The van der Waals surface area contributed by atoms with Gasteiger partial charge >= 0.3 is 0 Å². The van der Waals surface area contributed by atoms with E-state index in [9.17, 15) is 4.79 Å². The summed E-state index contributed by atoms with van der Waals surface area (Å²) < 4.78 is 5.93. The number of carbonyl (C=O) groups is 1. The number of aromatic nitrogens is 1. The second-order valence-electron chi connectivity index (χ2n) is 6.73. The van der Waals surface area contributed by atoms with Crippen LogP contribution in [0, 0.1) is 6.92 Å². The predicted molar refractivity (Wildman–Crippen MR) is 112 cm³/mol. The molecule has 5 nitrogen and oxygen atoms in total. The van der Waals surface area contributed by atoms with Gasteiger partial charge in [-0.2, -0.15) is 0 Å². The summed E-state index contributed by atoms with van der Waals surface area (Å²) in [6, 6.07) is 10.00. The summed E-state index contributed by atoms with van der Waals surface area (Å²) in [5.74, 6) is 0.863. The Labute approximate surface area is 170 Å². The number of pyridine rings is 1. The van der Waals surface area contributed by atoms with E-state index in [1.54, 1.807) is 18.0 Å². The molecule has 146 valence electrons. The number of rotatable bonds is 5. The number of nitrogens with one attached hydrogen (secondary N) is 1. The van der Waals surface area contributed by atoms with Gasteiger partial charge in [0, 0.05) is 23.2 Å². The lowest BCUT2D eigenvalue weighted by Crippen LogP contribution is -2.40. The van der Waals surface area contributed by atoms with Crippen LogP contribution < -0.4 is 15.8 Å². The van der Waals surface area contributed by atoms with E-state index in [0.717, 1.165) is 36.1 Å². The molecule has 1 saturated carbocycles. The van der Waals surface area contributed by atoms with Crippen LogP contribution in [0.15, 0.2) is 41.4 Å². The van der Waals surface area contributed by atoms with Crippen LogP contribution in [0.25, 0.3) is 0 Å². The zero-order valence-corrected chi connectivity index (χ0v) is 17.2. The maximum atomic E-state index is 12.8. The highest BCUT2D eigenvalue weighted by atomic mass is 35.5. The van der Waals surface area contributed by atoms with Crippen molar-refractivity contribution in [3.63, 3.8) is 0 Å². The number of ether oxygens (including phenoxy) is 1. The molecule has 1 aromatic heterocycles. The Balaban J connectivity index is 0.00000261. The van der Waals surface area contributed by atoms with Crippen LogP contribution in [0.3, 0.4) is 0 Å². The first-order valence-corrected chi connectivity index (χ1v) is 10.1. The van der Waals surface area contributed by atoms with Crippen molar-refractivity contribution in [2.24, 2.45) is 5.73 Å². The van der Waals surface area contributed by atoms with Crippen molar-refractivity contribution in [2.75, 3.05) is 6.26 Å². The molecule has 0 saturated heterocycles. The van der Waals surface area contributed by atoms with Crippen LogP contribution in [0.4, 0.5) is 0 Å². The third-order valence-electron chi connectivity index (χ3n) is 4.60. The molecule has 1 amide bonds. The molecule has 0 aliphatic heterocycles. The summed E-state index contributed by atoms with van der Waals surface area (Å²) in [5.41, 5.74) is 7.34. The molecule has 2 aromatic rings. The fourth-order valence-corrected chi connectivity index (χ4v) is 3.55. The molecule has 0 radical (unpaired) electrons.